The fourth-order valence-electron chi connectivity index (χ4n) is 2.08. The zero-order valence-corrected chi connectivity index (χ0v) is 14.0. The number of H-pyrrole nitrogens is 1. The predicted molar refractivity (Wildman–Crippen MR) is 91.8 cm³/mol. The number of amides is 1. The number of carbonyl (C=O) groups is 1. The van der Waals surface area contributed by atoms with Crippen LogP contribution in [0.1, 0.15) is 16.1 Å². The van der Waals surface area contributed by atoms with Gasteiger partial charge in [-0.2, -0.15) is 0 Å². The van der Waals surface area contributed by atoms with Crippen molar-refractivity contribution in [2.75, 3.05) is 7.11 Å². The number of benzene rings is 1. The van der Waals surface area contributed by atoms with Gasteiger partial charge in [0.25, 0.3) is 11.5 Å². The molecule has 0 atom stereocenters. The van der Waals surface area contributed by atoms with Crippen LogP contribution in [0.5, 0.6) is 11.5 Å². The summed E-state index contributed by atoms with van der Waals surface area (Å²) in [6, 6.07) is 7.13. The van der Waals surface area contributed by atoms with Crippen molar-refractivity contribution in [3.05, 3.63) is 57.5 Å². The molecule has 8 nitrogen and oxygen atoms in total. The number of thiazole rings is 1. The van der Waals surface area contributed by atoms with E-state index in [1.54, 1.807) is 43.0 Å². The lowest BCUT2D eigenvalue weighted by atomic mass is 10.2. The Balaban J connectivity index is 1.80. The topological polar surface area (TPSA) is 117 Å². The first-order chi connectivity index (χ1) is 12.1. The smallest absolute Gasteiger partial charge is 0.294 e. The maximum Gasteiger partial charge on any atom is 0.294 e. The molecular weight excluding hydrogens is 344 g/mol. The van der Waals surface area contributed by atoms with Crippen LogP contribution < -0.4 is 15.6 Å². The van der Waals surface area contributed by atoms with Gasteiger partial charge in [-0.1, -0.05) is 12.1 Å². The van der Waals surface area contributed by atoms with Crippen LogP contribution in [0, 0.1) is 0 Å². The fourth-order valence-corrected chi connectivity index (χ4v) is 2.66. The highest BCUT2D eigenvalue weighted by molar-refractivity contribution is 7.13. The molecule has 0 radical (unpaired) electrons. The van der Waals surface area contributed by atoms with Crippen molar-refractivity contribution >= 4 is 17.2 Å². The zero-order chi connectivity index (χ0) is 17.8. The Morgan fingerprint density at radius 1 is 1.36 bits per heavy atom. The maximum atomic E-state index is 12.3. The van der Waals surface area contributed by atoms with E-state index in [4.69, 9.17) is 4.74 Å². The van der Waals surface area contributed by atoms with E-state index in [1.165, 1.54) is 11.3 Å². The highest BCUT2D eigenvalue weighted by atomic mass is 32.1. The third kappa shape index (κ3) is 3.66. The van der Waals surface area contributed by atoms with Crippen molar-refractivity contribution in [1.29, 1.82) is 0 Å². The van der Waals surface area contributed by atoms with E-state index in [0.717, 1.165) is 5.56 Å². The summed E-state index contributed by atoms with van der Waals surface area (Å²) in [6.07, 6.45) is 1.55. The minimum atomic E-state index is -0.796. The molecule has 2 heterocycles. The van der Waals surface area contributed by atoms with Crippen molar-refractivity contribution in [3.8, 4) is 22.3 Å². The van der Waals surface area contributed by atoms with Crippen LogP contribution in [0.4, 0.5) is 0 Å². The molecule has 0 aliphatic carbocycles. The Bertz CT molecular complexity index is 936. The average molecular weight is 358 g/mol. The normalized spacial score (nSPS) is 10.4. The van der Waals surface area contributed by atoms with Gasteiger partial charge in [0.1, 0.15) is 5.75 Å². The largest absolute Gasteiger partial charge is 0.501 e. The highest BCUT2D eigenvalue weighted by Gasteiger charge is 2.19. The lowest BCUT2D eigenvalue weighted by Crippen LogP contribution is -2.26. The Kier molecular flexibility index (Phi) is 4.75. The summed E-state index contributed by atoms with van der Waals surface area (Å²) in [7, 11) is 1.57. The van der Waals surface area contributed by atoms with Crippen LogP contribution in [0.3, 0.4) is 0 Å². The van der Waals surface area contributed by atoms with E-state index in [2.05, 4.69) is 20.3 Å². The van der Waals surface area contributed by atoms with Crippen molar-refractivity contribution < 1.29 is 14.6 Å². The molecular formula is C16H14N4O4S. The lowest BCUT2D eigenvalue weighted by Gasteiger charge is -2.08. The number of aromatic amines is 1. The van der Waals surface area contributed by atoms with Crippen LogP contribution in [0.15, 0.2) is 40.6 Å². The van der Waals surface area contributed by atoms with E-state index < -0.39 is 17.2 Å². The molecule has 25 heavy (non-hydrogen) atoms. The fraction of sp³-hybridized carbons (Fsp3) is 0.125. The zero-order valence-electron chi connectivity index (χ0n) is 13.1. The lowest BCUT2D eigenvalue weighted by molar-refractivity contribution is 0.0942. The number of hydrogen-bond donors (Lipinski definition) is 3. The van der Waals surface area contributed by atoms with Gasteiger partial charge in [0.05, 0.1) is 7.11 Å². The summed E-state index contributed by atoms with van der Waals surface area (Å²) in [5.41, 5.74) is -0.309. The van der Waals surface area contributed by atoms with E-state index in [1.807, 2.05) is 0 Å². The summed E-state index contributed by atoms with van der Waals surface area (Å²) in [4.78, 5) is 34.6. The molecule has 0 aliphatic rings. The molecule has 3 N–H and O–H groups in total. The van der Waals surface area contributed by atoms with Crippen LogP contribution >= 0.6 is 11.3 Å². The molecule has 0 spiro atoms. The van der Waals surface area contributed by atoms with Gasteiger partial charge in [-0.15, -0.1) is 11.3 Å². The molecule has 9 heteroatoms. The minimum absolute atomic E-state index is 0.132. The molecule has 1 aromatic carbocycles. The highest BCUT2D eigenvalue weighted by Crippen LogP contribution is 2.19. The summed E-state index contributed by atoms with van der Waals surface area (Å²) in [6.45, 7) is 0.212. The summed E-state index contributed by atoms with van der Waals surface area (Å²) in [5, 5.41) is 14.6. The van der Waals surface area contributed by atoms with E-state index >= 15 is 0 Å². The molecule has 0 bridgehead atoms. The Morgan fingerprint density at radius 2 is 2.12 bits per heavy atom. The summed E-state index contributed by atoms with van der Waals surface area (Å²) in [5.74, 6) is -0.547. The number of hydrogen-bond acceptors (Lipinski definition) is 7. The van der Waals surface area contributed by atoms with E-state index in [9.17, 15) is 14.7 Å². The van der Waals surface area contributed by atoms with Crippen LogP contribution in [0.25, 0.3) is 10.8 Å². The number of carbonyl (C=O) groups excluding carboxylic acids is 1. The standard InChI is InChI=1S/C16H14N4O4S/c1-24-10-4-2-9(3-5-10)8-18-14(22)11-12(21)15(23)20-13(19-11)16-17-6-7-25-16/h2-7,21H,8H2,1H3,(H,18,22)(H,19,20,23). The second-order valence-corrected chi connectivity index (χ2v) is 5.87. The number of nitrogens with zero attached hydrogens (tertiary/aromatic N) is 2. The molecule has 3 aromatic rings. The Hall–Kier alpha value is -3.20. The number of aromatic nitrogens is 3. The van der Waals surface area contributed by atoms with Crippen molar-refractivity contribution in [1.82, 2.24) is 20.3 Å². The summed E-state index contributed by atoms with van der Waals surface area (Å²) >= 11 is 1.26. The van der Waals surface area contributed by atoms with Gasteiger partial charge in [0.2, 0.25) is 5.75 Å². The molecule has 2 aromatic heterocycles. The SMILES string of the molecule is COc1ccc(CNC(=O)c2nc(-c3nccs3)[nH]c(=O)c2O)cc1. The Labute approximate surface area is 146 Å². The molecule has 1 amide bonds. The van der Waals surface area contributed by atoms with Crippen molar-refractivity contribution in [3.63, 3.8) is 0 Å². The van der Waals surface area contributed by atoms with Crippen LogP contribution in [-0.4, -0.2) is 33.1 Å². The minimum Gasteiger partial charge on any atom is -0.501 e. The van der Waals surface area contributed by atoms with Crippen molar-refractivity contribution in [2.24, 2.45) is 0 Å². The monoisotopic (exact) mass is 358 g/mol. The van der Waals surface area contributed by atoms with E-state index in [0.29, 0.717) is 10.8 Å². The summed E-state index contributed by atoms with van der Waals surface area (Å²) < 4.78 is 5.07. The third-order valence-electron chi connectivity index (χ3n) is 3.36. The van der Waals surface area contributed by atoms with Gasteiger partial charge < -0.3 is 20.1 Å². The molecule has 128 valence electrons. The average Bonchev–Trinajstić information content (AvgIpc) is 3.17. The number of ether oxygens (including phenoxy) is 1. The molecule has 0 aliphatic heterocycles. The molecule has 0 unspecified atom stereocenters. The first-order valence-corrected chi connectivity index (χ1v) is 8.10. The van der Waals surface area contributed by atoms with Crippen LogP contribution in [-0.2, 0) is 6.54 Å². The maximum absolute atomic E-state index is 12.3. The first-order valence-electron chi connectivity index (χ1n) is 7.22. The van der Waals surface area contributed by atoms with Crippen molar-refractivity contribution in [2.45, 2.75) is 6.54 Å². The molecule has 0 saturated carbocycles. The van der Waals surface area contributed by atoms with Gasteiger partial charge in [-0.25, -0.2) is 9.97 Å². The number of nitrogens with one attached hydrogen (secondary N) is 2. The quantitative estimate of drug-likeness (QED) is 0.637. The van der Waals surface area contributed by atoms with Gasteiger partial charge in [-0.05, 0) is 17.7 Å². The Morgan fingerprint density at radius 3 is 2.76 bits per heavy atom. The molecule has 0 fully saturated rings. The van der Waals surface area contributed by atoms with Crippen LogP contribution in [0.2, 0.25) is 0 Å². The molecule has 0 saturated heterocycles. The predicted octanol–water partition coefficient (Wildman–Crippen LogP) is 1.54. The van der Waals surface area contributed by atoms with Gasteiger partial charge >= 0.3 is 0 Å². The number of aromatic hydroxyl groups is 1. The molecule has 3 rings (SSSR count). The second kappa shape index (κ2) is 7.14. The number of rotatable bonds is 5. The second-order valence-electron chi connectivity index (χ2n) is 4.98. The van der Waals surface area contributed by atoms with E-state index in [-0.39, 0.29) is 18.1 Å². The van der Waals surface area contributed by atoms with Gasteiger partial charge in [0, 0.05) is 18.1 Å². The third-order valence-corrected chi connectivity index (χ3v) is 4.14. The first kappa shape index (κ1) is 16.7. The van der Waals surface area contributed by atoms with Gasteiger partial charge in [0.15, 0.2) is 16.5 Å². The number of methoxy groups -OCH3 is 1. The van der Waals surface area contributed by atoms with Gasteiger partial charge in [-0.3, -0.25) is 9.59 Å².